The minimum absolute atomic E-state index is 0.0914. The maximum Gasteiger partial charge on any atom is 0.330 e. The van der Waals surface area contributed by atoms with Crippen molar-refractivity contribution in [1.82, 2.24) is 0 Å². The molecule has 4 aromatic carbocycles. The van der Waals surface area contributed by atoms with Crippen LogP contribution in [0.4, 0.5) is 11.4 Å². The molecule has 1 amide bonds. The van der Waals surface area contributed by atoms with Crippen LogP contribution >= 0.6 is 11.8 Å². The summed E-state index contributed by atoms with van der Waals surface area (Å²) < 4.78 is 26.8. The number of thioether (sulfide) groups is 1. The van der Waals surface area contributed by atoms with Crippen molar-refractivity contribution < 1.29 is 42.9 Å². The lowest BCUT2D eigenvalue weighted by molar-refractivity contribution is -0.138. The number of hydrogen-bond donors (Lipinski definition) is 1. The van der Waals surface area contributed by atoms with Crippen LogP contribution in [0.25, 0.3) is 0 Å². The van der Waals surface area contributed by atoms with Gasteiger partial charge >= 0.3 is 11.9 Å². The van der Waals surface area contributed by atoms with E-state index >= 15 is 0 Å². The zero-order valence-electron chi connectivity index (χ0n) is 30.0. The van der Waals surface area contributed by atoms with E-state index in [0.717, 1.165) is 40.8 Å². The molecule has 4 aromatic rings. The number of nitrogens with zero attached hydrogens (tertiary/aromatic N) is 1. The molecule has 0 aliphatic carbocycles. The summed E-state index contributed by atoms with van der Waals surface area (Å²) in [5.74, 6) is 0.544. The zero-order chi connectivity index (χ0) is 38.5. The van der Waals surface area contributed by atoms with Crippen LogP contribution in [-0.4, -0.2) is 62.7 Å². The molecule has 280 valence electrons. The van der Waals surface area contributed by atoms with Gasteiger partial charge in [0.2, 0.25) is 5.12 Å². The summed E-state index contributed by atoms with van der Waals surface area (Å²) in [5.41, 5.74) is 2.96. The van der Waals surface area contributed by atoms with E-state index in [4.69, 9.17) is 23.7 Å². The van der Waals surface area contributed by atoms with Crippen molar-refractivity contribution in [2.24, 2.45) is 4.99 Å². The highest BCUT2D eigenvalue weighted by atomic mass is 32.2. The Bertz CT molecular complexity index is 1910. The number of unbranched alkanes of at least 4 members (excludes halogenated alkanes) is 2. The lowest BCUT2D eigenvalue weighted by atomic mass is 10.2. The molecule has 1 N–H and O–H groups in total. The van der Waals surface area contributed by atoms with Crippen molar-refractivity contribution in [3.8, 4) is 17.2 Å². The van der Waals surface area contributed by atoms with Crippen LogP contribution in [0.3, 0.4) is 0 Å². The Hall–Kier alpha value is -6.14. The number of carbonyl (C=O) groups excluding carboxylic acids is 4. The molecule has 54 heavy (non-hydrogen) atoms. The quantitative estimate of drug-likeness (QED) is 0.0290. The Morgan fingerprint density at radius 2 is 1.22 bits per heavy atom. The first-order chi connectivity index (χ1) is 26.3. The predicted octanol–water partition coefficient (Wildman–Crippen LogP) is 8.41. The molecule has 0 bridgehead atoms. The summed E-state index contributed by atoms with van der Waals surface area (Å²) in [6.45, 7) is 8.26. The molecule has 0 saturated carbocycles. The number of anilines is 1. The Kier molecular flexibility index (Phi) is 16.6. The average molecular weight is 751 g/mol. The minimum atomic E-state index is -0.443. The SMILES string of the molecule is C=CC(=O)OCCCCOc1ccc(C(=O)Nc2ccc(/N=C/c3ccc(SC(=O)c4ccc(OCCCCOC(=O)C=C)cc4)cc3)cc2OC)cc1. The second-order valence-electron chi connectivity index (χ2n) is 11.5. The highest BCUT2D eigenvalue weighted by molar-refractivity contribution is 8.14. The topological polar surface area (TPSA) is 139 Å². The number of nitrogens with one attached hydrogen (secondary N) is 1. The van der Waals surface area contributed by atoms with Crippen molar-refractivity contribution in [2.45, 2.75) is 30.6 Å². The summed E-state index contributed by atoms with van der Waals surface area (Å²) in [7, 11) is 1.52. The number of methoxy groups -OCH3 is 1. The van der Waals surface area contributed by atoms with E-state index in [0.29, 0.717) is 85.4 Å². The fraction of sp³-hybridized carbons (Fsp3) is 0.214. The lowest BCUT2D eigenvalue weighted by Gasteiger charge is -2.11. The van der Waals surface area contributed by atoms with Crippen LogP contribution in [0.15, 0.2) is 126 Å². The van der Waals surface area contributed by atoms with Gasteiger partial charge in [-0.05, 0) is 116 Å². The number of amides is 1. The van der Waals surface area contributed by atoms with Gasteiger partial charge in [-0.3, -0.25) is 14.6 Å². The predicted molar refractivity (Wildman–Crippen MR) is 209 cm³/mol. The van der Waals surface area contributed by atoms with E-state index in [9.17, 15) is 19.2 Å². The summed E-state index contributed by atoms with van der Waals surface area (Å²) in [5, 5.41) is 2.79. The van der Waals surface area contributed by atoms with Crippen LogP contribution in [0.5, 0.6) is 17.2 Å². The summed E-state index contributed by atoms with van der Waals surface area (Å²) in [4.78, 5) is 53.3. The van der Waals surface area contributed by atoms with Crippen molar-refractivity contribution in [1.29, 1.82) is 0 Å². The van der Waals surface area contributed by atoms with Gasteiger partial charge in [0, 0.05) is 40.5 Å². The molecule has 12 heteroatoms. The van der Waals surface area contributed by atoms with E-state index in [1.807, 2.05) is 24.3 Å². The van der Waals surface area contributed by atoms with E-state index in [2.05, 4.69) is 23.5 Å². The molecule has 4 rings (SSSR count). The highest BCUT2D eigenvalue weighted by Gasteiger charge is 2.12. The molecule has 0 spiro atoms. The Labute approximate surface area is 319 Å². The molecule has 0 aliphatic heterocycles. The number of ether oxygens (including phenoxy) is 5. The van der Waals surface area contributed by atoms with Gasteiger partial charge in [0.05, 0.1) is 44.9 Å². The lowest BCUT2D eigenvalue weighted by Crippen LogP contribution is -2.12. The summed E-state index contributed by atoms with van der Waals surface area (Å²) in [6.07, 6.45) is 6.74. The first kappa shape index (κ1) is 40.6. The van der Waals surface area contributed by atoms with Crippen LogP contribution in [-0.2, 0) is 19.1 Å². The van der Waals surface area contributed by atoms with Crippen molar-refractivity contribution in [3.63, 3.8) is 0 Å². The zero-order valence-corrected chi connectivity index (χ0v) is 30.8. The monoisotopic (exact) mass is 750 g/mol. The summed E-state index contributed by atoms with van der Waals surface area (Å²) in [6, 6.07) is 26.5. The number of esters is 2. The van der Waals surface area contributed by atoms with Gasteiger partial charge < -0.3 is 29.0 Å². The molecule has 0 atom stereocenters. The van der Waals surface area contributed by atoms with Gasteiger partial charge in [-0.25, -0.2) is 9.59 Å². The number of aliphatic imine (C=N–C) groups is 1. The summed E-state index contributed by atoms with van der Waals surface area (Å²) >= 11 is 1.13. The van der Waals surface area contributed by atoms with E-state index < -0.39 is 11.9 Å². The number of carbonyl (C=O) groups is 4. The first-order valence-electron chi connectivity index (χ1n) is 17.2. The van der Waals surface area contributed by atoms with Crippen molar-refractivity contribution in [2.75, 3.05) is 38.9 Å². The normalized spacial score (nSPS) is 10.6. The minimum Gasteiger partial charge on any atom is -0.494 e. The van der Waals surface area contributed by atoms with Crippen LogP contribution < -0.4 is 19.5 Å². The Balaban J connectivity index is 1.21. The second kappa shape index (κ2) is 22.0. The maximum absolute atomic E-state index is 12.9. The van der Waals surface area contributed by atoms with Gasteiger partial charge in [-0.15, -0.1) is 0 Å². The van der Waals surface area contributed by atoms with Crippen LogP contribution in [0, 0.1) is 0 Å². The average Bonchev–Trinajstić information content (AvgIpc) is 3.20. The molecule has 0 fully saturated rings. The number of benzene rings is 4. The molecule has 0 saturated heterocycles. The van der Waals surface area contributed by atoms with Gasteiger partial charge in [-0.2, -0.15) is 0 Å². The fourth-order valence-electron chi connectivity index (χ4n) is 4.64. The molecule has 0 aromatic heterocycles. The maximum atomic E-state index is 12.9. The van der Waals surface area contributed by atoms with Gasteiger partial charge in [-0.1, -0.05) is 25.3 Å². The molecular weight excluding hydrogens is 709 g/mol. The van der Waals surface area contributed by atoms with E-state index in [1.165, 1.54) is 7.11 Å². The van der Waals surface area contributed by atoms with Crippen molar-refractivity contribution >= 4 is 52.3 Å². The third-order valence-corrected chi connectivity index (χ3v) is 8.46. The molecular formula is C42H42N2O9S. The molecule has 0 radical (unpaired) electrons. The Morgan fingerprint density at radius 3 is 1.76 bits per heavy atom. The third kappa shape index (κ3) is 13.8. The third-order valence-electron chi connectivity index (χ3n) is 7.53. The number of rotatable bonds is 21. The van der Waals surface area contributed by atoms with E-state index in [-0.39, 0.29) is 11.0 Å². The number of hydrogen-bond acceptors (Lipinski definition) is 11. The molecule has 0 aliphatic rings. The first-order valence-corrected chi connectivity index (χ1v) is 18.0. The van der Waals surface area contributed by atoms with Gasteiger partial charge in [0.1, 0.15) is 17.2 Å². The van der Waals surface area contributed by atoms with Crippen molar-refractivity contribution in [3.05, 3.63) is 133 Å². The van der Waals surface area contributed by atoms with E-state index in [1.54, 1.807) is 72.9 Å². The smallest absolute Gasteiger partial charge is 0.330 e. The standard InChI is InChI=1S/C42H42N2O9S/c1-4-39(45)52-26-8-6-24-50-34-17-12-31(13-18-34)41(47)44-37-23-16-33(28-38(37)49-3)43-29-30-10-21-36(22-11-30)54-42(48)32-14-19-35(20-15-32)51-25-7-9-27-53-40(46)5-2/h4-5,10-23,28-29H,1-2,6-9,24-27H2,3H3,(H,44,47)/b43-29+. The second-order valence-corrected chi connectivity index (χ2v) is 12.5. The molecule has 0 heterocycles. The van der Waals surface area contributed by atoms with Crippen LogP contribution in [0.2, 0.25) is 0 Å². The largest absolute Gasteiger partial charge is 0.494 e. The molecule has 0 unspecified atom stereocenters. The van der Waals surface area contributed by atoms with Crippen LogP contribution in [0.1, 0.15) is 52.0 Å². The van der Waals surface area contributed by atoms with Gasteiger partial charge in [0.15, 0.2) is 0 Å². The van der Waals surface area contributed by atoms with Gasteiger partial charge in [0.25, 0.3) is 5.91 Å². The fourth-order valence-corrected chi connectivity index (χ4v) is 5.38. The highest BCUT2D eigenvalue weighted by Crippen LogP contribution is 2.30. The Morgan fingerprint density at radius 1 is 0.685 bits per heavy atom. The molecule has 11 nitrogen and oxygen atoms in total.